The first-order chi connectivity index (χ1) is 8.05. The molecule has 1 atom stereocenters. The van der Waals surface area contributed by atoms with Crippen LogP contribution in [-0.2, 0) is 4.79 Å². The molecule has 0 aliphatic heterocycles. The lowest BCUT2D eigenvalue weighted by Crippen LogP contribution is -2.59. The average Bonchev–Trinajstić information content (AvgIpc) is 2.20. The van der Waals surface area contributed by atoms with Gasteiger partial charge < -0.3 is 11.1 Å². The van der Waals surface area contributed by atoms with E-state index in [1.807, 2.05) is 5.32 Å². The maximum atomic E-state index is 12.8. The summed E-state index contributed by atoms with van der Waals surface area (Å²) in [5.41, 5.74) is 2.01. The number of rotatable bonds is 2. The van der Waals surface area contributed by atoms with Gasteiger partial charge in [0.2, 0.25) is 0 Å². The number of carbonyl (C=O) groups excluding carboxylic acids is 1. The van der Waals surface area contributed by atoms with Gasteiger partial charge in [-0.3, -0.25) is 4.79 Å². The molecule has 0 saturated heterocycles. The number of halogens is 5. The normalized spacial score (nSPS) is 15.1. The molecule has 0 fully saturated rings. The molecule has 1 amide bonds. The standard InChI is InChI=1S/C10H9F4IN2O/c1-9(16,10(12,13)14)8(18)17-7-3-2-5(11)4-6(7)15/h2-4H,16H2,1H3,(H,17,18). The smallest absolute Gasteiger partial charge is 0.323 e. The maximum Gasteiger partial charge on any atom is 0.415 e. The van der Waals surface area contributed by atoms with E-state index in [4.69, 9.17) is 5.73 Å². The second-order valence-electron chi connectivity index (χ2n) is 3.78. The van der Waals surface area contributed by atoms with Crippen molar-refractivity contribution in [2.45, 2.75) is 18.6 Å². The summed E-state index contributed by atoms with van der Waals surface area (Å²) in [7, 11) is 0. The summed E-state index contributed by atoms with van der Waals surface area (Å²) < 4.78 is 50.6. The Morgan fingerprint density at radius 2 is 1.94 bits per heavy atom. The van der Waals surface area contributed by atoms with Crippen LogP contribution in [0.15, 0.2) is 18.2 Å². The Bertz CT molecular complexity index is 473. The first-order valence-electron chi connectivity index (χ1n) is 4.68. The number of benzene rings is 1. The number of anilines is 1. The van der Waals surface area contributed by atoms with Crippen LogP contribution in [0.5, 0.6) is 0 Å². The Morgan fingerprint density at radius 1 is 1.39 bits per heavy atom. The van der Waals surface area contributed by atoms with Crippen molar-refractivity contribution in [1.82, 2.24) is 0 Å². The minimum Gasteiger partial charge on any atom is -0.323 e. The van der Waals surface area contributed by atoms with E-state index in [2.05, 4.69) is 0 Å². The summed E-state index contributed by atoms with van der Waals surface area (Å²) >= 11 is 1.69. The van der Waals surface area contributed by atoms with Crippen LogP contribution in [0.4, 0.5) is 23.2 Å². The van der Waals surface area contributed by atoms with Gasteiger partial charge in [0.15, 0.2) is 5.54 Å². The molecular formula is C10H9F4IN2O. The number of carbonyl (C=O) groups is 1. The summed E-state index contributed by atoms with van der Waals surface area (Å²) in [6, 6.07) is 3.28. The molecule has 1 unspecified atom stereocenters. The van der Waals surface area contributed by atoms with Crippen molar-refractivity contribution < 1.29 is 22.4 Å². The molecule has 1 rings (SSSR count). The van der Waals surface area contributed by atoms with E-state index in [-0.39, 0.29) is 9.26 Å². The Balaban J connectivity index is 2.95. The van der Waals surface area contributed by atoms with Crippen LogP contribution in [0.2, 0.25) is 0 Å². The summed E-state index contributed by atoms with van der Waals surface area (Å²) in [5, 5.41) is 2.03. The zero-order valence-electron chi connectivity index (χ0n) is 9.11. The lowest BCUT2D eigenvalue weighted by molar-refractivity contribution is -0.184. The zero-order valence-corrected chi connectivity index (χ0v) is 11.3. The Morgan fingerprint density at radius 3 is 2.39 bits per heavy atom. The van der Waals surface area contributed by atoms with Gasteiger partial charge >= 0.3 is 6.18 Å². The third-order valence-electron chi connectivity index (χ3n) is 2.24. The Kier molecular flexibility index (Phi) is 4.21. The summed E-state index contributed by atoms with van der Waals surface area (Å²) in [5.74, 6) is -1.96. The Labute approximate surface area is 114 Å². The highest BCUT2D eigenvalue weighted by Crippen LogP contribution is 2.29. The molecule has 0 heterocycles. The first-order valence-corrected chi connectivity index (χ1v) is 5.75. The van der Waals surface area contributed by atoms with Crippen LogP contribution < -0.4 is 11.1 Å². The maximum absolute atomic E-state index is 12.8. The number of hydrogen-bond acceptors (Lipinski definition) is 2. The molecule has 1 aromatic carbocycles. The van der Waals surface area contributed by atoms with Gasteiger partial charge in [0.1, 0.15) is 5.82 Å². The van der Waals surface area contributed by atoms with E-state index < -0.39 is 23.4 Å². The second kappa shape index (κ2) is 5.00. The fourth-order valence-electron chi connectivity index (χ4n) is 0.972. The number of nitrogens with two attached hydrogens (primary N) is 1. The van der Waals surface area contributed by atoms with Crippen LogP contribution in [-0.4, -0.2) is 17.6 Å². The van der Waals surface area contributed by atoms with Crippen LogP contribution >= 0.6 is 22.6 Å². The minimum atomic E-state index is -4.87. The molecule has 0 aliphatic rings. The highest BCUT2D eigenvalue weighted by molar-refractivity contribution is 14.1. The number of amides is 1. The molecule has 18 heavy (non-hydrogen) atoms. The number of hydrogen-bond donors (Lipinski definition) is 2. The largest absolute Gasteiger partial charge is 0.415 e. The van der Waals surface area contributed by atoms with Crippen LogP contribution in [0.1, 0.15) is 6.92 Å². The van der Waals surface area contributed by atoms with Gasteiger partial charge in [-0.15, -0.1) is 0 Å². The van der Waals surface area contributed by atoms with E-state index in [0.29, 0.717) is 6.92 Å². The third-order valence-corrected chi connectivity index (χ3v) is 3.13. The molecule has 0 aromatic heterocycles. The monoisotopic (exact) mass is 376 g/mol. The molecule has 0 spiro atoms. The topological polar surface area (TPSA) is 55.1 Å². The molecule has 1 aromatic rings. The van der Waals surface area contributed by atoms with Crippen molar-refractivity contribution in [2.75, 3.05) is 5.32 Å². The van der Waals surface area contributed by atoms with E-state index in [1.165, 1.54) is 6.07 Å². The first kappa shape index (κ1) is 15.2. The van der Waals surface area contributed by atoms with Gasteiger partial charge in [0.05, 0.1) is 5.69 Å². The lowest BCUT2D eigenvalue weighted by atomic mass is 10.0. The van der Waals surface area contributed by atoms with Gasteiger partial charge in [-0.05, 0) is 47.7 Å². The van der Waals surface area contributed by atoms with Crippen molar-refractivity contribution in [2.24, 2.45) is 5.73 Å². The highest BCUT2D eigenvalue weighted by Gasteiger charge is 2.54. The van der Waals surface area contributed by atoms with Crippen molar-refractivity contribution in [3.05, 3.63) is 27.6 Å². The van der Waals surface area contributed by atoms with Crippen LogP contribution in [0.25, 0.3) is 0 Å². The SMILES string of the molecule is CC(N)(C(=O)Nc1ccc(F)cc1I)C(F)(F)F. The zero-order chi connectivity index (χ0) is 14.1. The second-order valence-corrected chi connectivity index (χ2v) is 4.94. The van der Waals surface area contributed by atoms with Crippen molar-refractivity contribution in [1.29, 1.82) is 0 Å². The van der Waals surface area contributed by atoms with Crippen molar-refractivity contribution in [3.8, 4) is 0 Å². The van der Waals surface area contributed by atoms with E-state index >= 15 is 0 Å². The van der Waals surface area contributed by atoms with Gasteiger partial charge in [-0.2, -0.15) is 13.2 Å². The summed E-state index contributed by atoms with van der Waals surface area (Å²) in [4.78, 5) is 11.5. The molecule has 0 radical (unpaired) electrons. The molecule has 3 nitrogen and oxygen atoms in total. The highest BCUT2D eigenvalue weighted by atomic mass is 127. The van der Waals surface area contributed by atoms with Gasteiger partial charge in [-0.1, -0.05) is 0 Å². The van der Waals surface area contributed by atoms with Crippen molar-refractivity contribution in [3.63, 3.8) is 0 Å². The molecule has 3 N–H and O–H groups in total. The molecular weight excluding hydrogens is 367 g/mol. The van der Waals surface area contributed by atoms with Gasteiger partial charge in [0, 0.05) is 3.57 Å². The van der Waals surface area contributed by atoms with E-state index in [0.717, 1.165) is 12.1 Å². The minimum absolute atomic E-state index is 0.0722. The predicted octanol–water partition coefficient (Wildman–Crippen LogP) is 2.65. The fraction of sp³-hybridized carbons (Fsp3) is 0.300. The molecule has 0 saturated carbocycles. The van der Waals surface area contributed by atoms with Gasteiger partial charge in [-0.25, -0.2) is 4.39 Å². The van der Waals surface area contributed by atoms with Gasteiger partial charge in [0.25, 0.3) is 5.91 Å². The van der Waals surface area contributed by atoms with Crippen LogP contribution in [0, 0.1) is 9.39 Å². The predicted molar refractivity (Wildman–Crippen MR) is 66.4 cm³/mol. The number of alkyl halides is 3. The van der Waals surface area contributed by atoms with E-state index in [1.54, 1.807) is 22.6 Å². The molecule has 8 heteroatoms. The summed E-state index contributed by atoms with van der Waals surface area (Å²) in [6.45, 7) is 0.568. The van der Waals surface area contributed by atoms with Crippen LogP contribution in [0.3, 0.4) is 0 Å². The Hall–Kier alpha value is -0.900. The average molecular weight is 376 g/mol. The fourth-order valence-corrected chi connectivity index (χ4v) is 1.58. The molecule has 100 valence electrons. The number of nitrogens with one attached hydrogen (secondary N) is 1. The molecule has 0 bridgehead atoms. The van der Waals surface area contributed by atoms with E-state index in [9.17, 15) is 22.4 Å². The third kappa shape index (κ3) is 3.10. The quantitative estimate of drug-likeness (QED) is 0.616. The lowest BCUT2D eigenvalue weighted by Gasteiger charge is -2.26. The molecule has 0 aliphatic carbocycles. The van der Waals surface area contributed by atoms with Crippen molar-refractivity contribution >= 4 is 34.2 Å². The summed E-state index contributed by atoms with van der Waals surface area (Å²) in [6.07, 6.45) is -4.87.